The van der Waals surface area contributed by atoms with Crippen LogP contribution in [0.3, 0.4) is 0 Å². The second kappa shape index (κ2) is 5.22. The monoisotopic (exact) mass is 253 g/mol. The van der Waals surface area contributed by atoms with Crippen molar-refractivity contribution in [2.24, 2.45) is 0 Å². The van der Waals surface area contributed by atoms with Crippen LogP contribution in [0.1, 0.15) is 34.5 Å². The van der Waals surface area contributed by atoms with Gasteiger partial charge < -0.3 is 4.74 Å². The van der Waals surface area contributed by atoms with E-state index in [-0.39, 0.29) is 5.78 Å². The number of hydrogen-bond acceptors (Lipinski definition) is 3. The van der Waals surface area contributed by atoms with Crippen LogP contribution in [-0.4, -0.2) is 10.8 Å². The fourth-order valence-electron chi connectivity index (χ4n) is 2.34. The first-order valence-corrected chi connectivity index (χ1v) is 6.52. The van der Waals surface area contributed by atoms with Crippen molar-refractivity contribution in [1.29, 1.82) is 0 Å². The molecule has 2 aromatic rings. The Morgan fingerprint density at radius 3 is 2.95 bits per heavy atom. The lowest BCUT2D eigenvalue weighted by Gasteiger charge is -2.15. The zero-order chi connectivity index (χ0) is 13.1. The number of benzene rings is 1. The molecule has 0 saturated heterocycles. The van der Waals surface area contributed by atoms with Gasteiger partial charge in [0.2, 0.25) is 0 Å². The molecule has 1 aromatic carbocycles. The molecule has 0 amide bonds. The zero-order valence-corrected chi connectivity index (χ0v) is 10.6. The van der Waals surface area contributed by atoms with Crippen molar-refractivity contribution in [2.45, 2.75) is 25.9 Å². The molecule has 0 radical (unpaired) electrons. The Morgan fingerprint density at radius 1 is 1.16 bits per heavy atom. The molecular weight excluding hydrogens is 238 g/mol. The average Bonchev–Trinajstić information content (AvgIpc) is 2.47. The summed E-state index contributed by atoms with van der Waals surface area (Å²) in [6.45, 7) is 0.424. The highest BCUT2D eigenvalue weighted by atomic mass is 16.5. The number of aromatic nitrogens is 1. The normalized spacial score (nSPS) is 14.0. The maximum absolute atomic E-state index is 11.8. The maximum Gasteiger partial charge on any atom is 0.163 e. The number of Topliss-reactive ketones (excluding diaryl/α,β-unsaturated/α-hetero) is 1. The molecular formula is C16H15NO2. The van der Waals surface area contributed by atoms with Gasteiger partial charge >= 0.3 is 0 Å². The Balaban J connectivity index is 1.75. The van der Waals surface area contributed by atoms with Gasteiger partial charge in [-0.2, -0.15) is 0 Å². The molecule has 0 saturated carbocycles. The van der Waals surface area contributed by atoms with Gasteiger partial charge in [-0.15, -0.1) is 0 Å². The molecule has 96 valence electrons. The molecule has 1 heterocycles. The lowest BCUT2D eigenvalue weighted by Crippen LogP contribution is -2.10. The van der Waals surface area contributed by atoms with Crippen LogP contribution in [0.4, 0.5) is 0 Å². The van der Waals surface area contributed by atoms with Crippen molar-refractivity contribution in [3.63, 3.8) is 0 Å². The summed E-state index contributed by atoms with van der Waals surface area (Å²) in [5.41, 5.74) is 2.85. The fourth-order valence-corrected chi connectivity index (χ4v) is 2.34. The lowest BCUT2D eigenvalue weighted by atomic mass is 9.90. The third-order valence-electron chi connectivity index (χ3n) is 3.34. The number of ketones is 1. The Bertz CT molecular complexity index is 593. The van der Waals surface area contributed by atoms with Crippen molar-refractivity contribution < 1.29 is 9.53 Å². The number of carbonyl (C=O) groups excluding carboxylic acids is 1. The maximum atomic E-state index is 11.8. The Labute approximate surface area is 112 Å². The molecule has 0 bridgehead atoms. The molecule has 0 unspecified atom stereocenters. The summed E-state index contributed by atoms with van der Waals surface area (Å²) < 4.78 is 5.69. The molecule has 0 fully saturated rings. The SMILES string of the molecule is O=C1CCCc2ccc(OCc3ccccn3)cc21. The van der Waals surface area contributed by atoms with Gasteiger partial charge in [0.15, 0.2) is 5.78 Å². The van der Waals surface area contributed by atoms with Crippen molar-refractivity contribution in [2.75, 3.05) is 0 Å². The van der Waals surface area contributed by atoms with Crippen molar-refractivity contribution in [1.82, 2.24) is 4.98 Å². The van der Waals surface area contributed by atoms with Gasteiger partial charge in [-0.1, -0.05) is 12.1 Å². The van der Waals surface area contributed by atoms with Crippen molar-refractivity contribution >= 4 is 5.78 Å². The largest absolute Gasteiger partial charge is 0.487 e. The highest BCUT2D eigenvalue weighted by Gasteiger charge is 2.17. The van der Waals surface area contributed by atoms with Gasteiger partial charge in [-0.3, -0.25) is 9.78 Å². The second-order valence-corrected chi connectivity index (χ2v) is 4.71. The molecule has 1 aliphatic rings. The van der Waals surface area contributed by atoms with Crippen LogP contribution >= 0.6 is 0 Å². The zero-order valence-electron chi connectivity index (χ0n) is 10.6. The third kappa shape index (κ3) is 2.65. The minimum absolute atomic E-state index is 0.226. The first kappa shape index (κ1) is 11.9. The van der Waals surface area contributed by atoms with Crippen LogP contribution in [0.25, 0.3) is 0 Å². The van der Waals surface area contributed by atoms with E-state index in [9.17, 15) is 4.79 Å². The number of carbonyl (C=O) groups is 1. The number of fused-ring (bicyclic) bond motifs is 1. The van der Waals surface area contributed by atoms with Crippen LogP contribution < -0.4 is 4.74 Å². The number of aryl methyl sites for hydroxylation is 1. The quantitative estimate of drug-likeness (QED) is 0.843. The van der Waals surface area contributed by atoms with Gasteiger partial charge in [0.25, 0.3) is 0 Å². The molecule has 3 heteroatoms. The van der Waals surface area contributed by atoms with E-state index in [1.165, 1.54) is 0 Å². The molecule has 0 spiro atoms. The highest BCUT2D eigenvalue weighted by Crippen LogP contribution is 2.25. The van der Waals surface area contributed by atoms with E-state index >= 15 is 0 Å². The van der Waals surface area contributed by atoms with E-state index in [1.807, 2.05) is 36.4 Å². The third-order valence-corrected chi connectivity index (χ3v) is 3.34. The lowest BCUT2D eigenvalue weighted by molar-refractivity contribution is 0.0972. The van der Waals surface area contributed by atoms with E-state index in [0.29, 0.717) is 13.0 Å². The molecule has 1 aliphatic carbocycles. The van der Waals surface area contributed by atoms with E-state index in [4.69, 9.17) is 4.74 Å². The highest BCUT2D eigenvalue weighted by molar-refractivity contribution is 5.98. The van der Waals surface area contributed by atoms with E-state index in [1.54, 1.807) is 6.20 Å². The summed E-state index contributed by atoms with van der Waals surface area (Å²) in [6.07, 6.45) is 4.34. The molecule has 0 N–H and O–H groups in total. The number of ether oxygens (including phenoxy) is 1. The molecule has 19 heavy (non-hydrogen) atoms. The van der Waals surface area contributed by atoms with Crippen LogP contribution in [0.15, 0.2) is 42.6 Å². The molecule has 1 aromatic heterocycles. The van der Waals surface area contributed by atoms with Gasteiger partial charge in [-0.25, -0.2) is 0 Å². The number of pyridine rings is 1. The molecule has 0 atom stereocenters. The van der Waals surface area contributed by atoms with Gasteiger partial charge in [0.05, 0.1) is 5.69 Å². The van der Waals surface area contributed by atoms with Gasteiger partial charge in [-0.05, 0) is 42.7 Å². The van der Waals surface area contributed by atoms with Crippen LogP contribution in [0.2, 0.25) is 0 Å². The summed E-state index contributed by atoms with van der Waals surface area (Å²) in [4.78, 5) is 16.0. The topological polar surface area (TPSA) is 39.2 Å². The summed E-state index contributed by atoms with van der Waals surface area (Å²) in [6, 6.07) is 11.5. The Hall–Kier alpha value is -2.16. The van der Waals surface area contributed by atoms with Crippen LogP contribution in [0.5, 0.6) is 5.75 Å². The van der Waals surface area contributed by atoms with Crippen molar-refractivity contribution in [3.05, 3.63) is 59.4 Å². The summed E-state index contributed by atoms with van der Waals surface area (Å²) in [5, 5.41) is 0. The summed E-state index contributed by atoms with van der Waals surface area (Å²) in [5.74, 6) is 0.962. The smallest absolute Gasteiger partial charge is 0.163 e. The number of rotatable bonds is 3. The number of hydrogen-bond donors (Lipinski definition) is 0. The van der Waals surface area contributed by atoms with Crippen molar-refractivity contribution in [3.8, 4) is 5.75 Å². The molecule has 0 aliphatic heterocycles. The standard InChI is InChI=1S/C16H15NO2/c18-16-6-3-4-12-7-8-14(10-15(12)16)19-11-13-5-1-2-9-17-13/h1-2,5,7-10H,3-4,6,11H2. The fraction of sp³-hybridized carbons (Fsp3) is 0.250. The number of nitrogens with zero attached hydrogens (tertiary/aromatic N) is 1. The average molecular weight is 253 g/mol. The van der Waals surface area contributed by atoms with E-state index in [0.717, 1.165) is 35.4 Å². The first-order chi connectivity index (χ1) is 9.33. The first-order valence-electron chi connectivity index (χ1n) is 6.52. The van der Waals surface area contributed by atoms with Gasteiger partial charge in [0.1, 0.15) is 12.4 Å². The predicted molar refractivity (Wildman–Crippen MR) is 72.3 cm³/mol. The minimum Gasteiger partial charge on any atom is -0.487 e. The predicted octanol–water partition coefficient (Wildman–Crippen LogP) is 3.18. The molecule has 3 nitrogen and oxygen atoms in total. The van der Waals surface area contributed by atoms with Gasteiger partial charge in [0, 0.05) is 18.2 Å². The Morgan fingerprint density at radius 2 is 2.11 bits per heavy atom. The van der Waals surface area contributed by atoms with E-state index < -0.39 is 0 Å². The molecule has 3 rings (SSSR count). The summed E-state index contributed by atoms with van der Waals surface area (Å²) in [7, 11) is 0. The minimum atomic E-state index is 0.226. The van der Waals surface area contributed by atoms with Crippen LogP contribution in [-0.2, 0) is 13.0 Å². The second-order valence-electron chi connectivity index (χ2n) is 4.71. The van der Waals surface area contributed by atoms with E-state index in [2.05, 4.69) is 4.98 Å². The summed E-state index contributed by atoms with van der Waals surface area (Å²) >= 11 is 0. The van der Waals surface area contributed by atoms with Crippen LogP contribution in [0, 0.1) is 0 Å². The Kier molecular flexibility index (Phi) is 3.27.